The van der Waals surface area contributed by atoms with Crippen molar-refractivity contribution in [2.75, 3.05) is 0 Å². The van der Waals surface area contributed by atoms with Crippen molar-refractivity contribution in [1.29, 1.82) is 0 Å². The third-order valence-corrected chi connectivity index (χ3v) is 3.86. The van der Waals surface area contributed by atoms with Gasteiger partial charge in [0.05, 0.1) is 5.60 Å². The van der Waals surface area contributed by atoms with Crippen molar-refractivity contribution in [3.63, 3.8) is 0 Å². The molecule has 1 nitrogen and oxygen atoms in total. The Kier molecular flexibility index (Phi) is 3.07. The summed E-state index contributed by atoms with van der Waals surface area (Å²) in [4.78, 5) is 1.31. The van der Waals surface area contributed by atoms with Crippen LogP contribution in [0.15, 0.2) is 11.4 Å². The molecule has 1 rings (SSSR count). The molecule has 0 amide bonds. The monoisotopic (exact) mass is 212 g/mol. The summed E-state index contributed by atoms with van der Waals surface area (Å²) in [5.74, 6) is 0. The first-order valence-electron chi connectivity index (χ1n) is 4.99. The number of aliphatic hydroxyl groups is 1. The highest BCUT2D eigenvalue weighted by molar-refractivity contribution is 7.10. The lowest BCUT2D eigenvalue weighted by atomic mass is 9.75. The summed E-state index contributed by atoms with van der Waals surface area (Å²) in [7, 11) is 0. The van der Waals surface area contributed by atoms with Crippen LogP contribution in [0.1, 0.15) is 38.1 Å². The van der Waals surface area contributed by atoms with Gasteiger partial charge in [-0.25, -0.2) is 0 Å². The molecule has 0 spiro atoms. The maximum atomic E-state index is 10.3. The SMILES string of the molecule is Cc1cc(CC(C)(O)C(C)(C)C)cs1. The van der Waals surface area contributed by atoms with Gasteiger partial charge in [0.25, 0.3) is 0 Å². The van der Waals surface area contributed by atoms with Crippen LogP contribution in [0.5, 0.6) is 0 Å². The van der Waals surface area contributed by atoms with Gasteiger partial charge in [0.1, 0.15) is 0 Å². The number of hydrogen-bond acceptors (Lipinski definition) is 2. The molecular formula is C12H20OS. The van der Waals surface area contributed by atoms with E-state index in [-0.39, 0.29) is 5.41 Å². The van der Waals surface area contributed by atoms with Crippen LogP contribution < -0.4 is 0 Å². The highest BCUT2D eigenvalue weighted by atomic mass is 32.1. The van der Waals surface area contributed by atoms with Gasteiger partial charge in [-0.2, -0.15) is 0 Å². The summed E-state index contributed by atoms with van der Waals surface area (Å²) in [6.45, 7) is 10.2. The fourth-order valence-corrected chi connectivity index (χ4v) is 1.96. The Balaban J connectivity index is 2.78. The van der Waals surface area contributed by atoms with Gasteiger partial charge in [-0.05, 0) is 36.3 Å². The minimum absolute atomic E-state index is 0.0805. The average Bonchev–Trinajstić information content (AvgIpc) is 2.31. The third-order valence-electron chi connectivity index (χ3n) is 2.95. The fraction of sp³-hybridized carbons (Fsp3) is 0.667. The summed E-state index contributed by atoms with van der Waals surface area (Å²) in [5, 5.41) is 12.5. The number of hydrogen-bond donors (Lipinski definition) is 1. The predicted octanol–water partition coefficient (Wildman–Crippen LogP) is 3.40. The molecule has 0 aromatic carbocycles. The zero-order chi connectivity index (χ0) is 11.0. The van der Waals surface area contributed by atoms with E-state index in [0.717, 1.165) is 6.42 Å². The topological polar surface area (TPSA) is 20.2 Å². The van der Waals surface area contributed by atoms with E-state index in [1.54, 1.807) is 11.3 Å². The van der Waals surface area contributed by atoms with E-state index in [1.807, 2.05) is 6.92 Å². The van der Waals surface area contributed by atoms with E-state index in [4.69, 9.17) is 0 Å². The first kappa shape index (κ1) is 11.7. The molecule has 0 saturated carbocycles. The second kappa shape index (κ2) is 3.67. The van der Waals surface area contributed by atoms with E-state index in [9.17, 15) is 5.11 Å². The Bertz CT molecular complexity index is 304. The quantitative estimate of drug-likeness (QED) is 0.796. The van der Waals surface area contributed by atoms with E-state index in [0.29, 0.717) is 0 Å². The molecule has 0 aliphatic rings. The molecule has 14 heavy (non-hydrogen) atoms. The van der Waals surface area contributed by atoms with Crippen LogP contribution >= 0.6 is 11.3 Å². The van der Waals surface area contributed by atoms with Gasteiger partial charge in [-0.1, -0.05) is 20.8 Å². The molecule has 0 radical (unpaired) electrons. The Morgan fingerprint density at radius 3 is 2.21 bits per heavy atom. The highest BCUT2D eigenvalue weighted by Gasteiger charge is 2.35. The van der Waals surface area contributed by atoms with Crippen LogP contribution in [0.25, 0.3) is 0 Å². The Morgan fingerprint density at radius 1 is 1.29 bits per heavy atom. The summed E-state index contributed by atoms with van der Waals surface area (Å²) in [6, 6.07) is 2.16. The van der Waals surface area contributed by atoms with Gasteiger partial charge in [-0.3, -0.25) is 0 Å². The molecule has 1 heterocycles. The van der Waals surface area contributed by atoms with E-state index in [1.165, 1.54) is 10.4 Å². The first-order valence-corrected chi connectivity index (χ1v) is 5.87. The average molecular weight is 212 g/mol. The molecular weight excluding hydrogens is 192 g/mol. The van der Waals surface area contributed by atoms with Crippen LogP contribution in [0, 0.1) is 12.3 Å². The van der Waals surface area contributed by atoms with Gasteiger partial charge >= 0.3 is 0 Å². The van der Waals surface area contributed by atoms with Crippen molar-refractivity contribution >= 4 is 11.3 Å². The zero-order valence-electron chi connectivity index (χ0n) is 9.72. The molecule has 0 aliphatic carbocycles. The summed E-state index contributed by atoms with van der Waals surface area (Å²) in [6.07, 6.45) is 0.737. The lowest BCUT2D eigenvalue weighted by molar-refractivity contribution is -0.0404. The Labute approximate surface area is 90.8 Å². The smallest absolute Gasteiger partial charge is 0.0708 e. The van der Waals surface area contributed by atoms with Crippen LogP contribution in [-0.2, 0) is 6.42 Å². The van der Waals surface area contributed by atoms with Crippen molar-refractivity contribution in [2.24, 2.45) is 5.41 Å². The van der Waals surface area contributed by atoms with E-state index < -0.39 is 5.60 Å². The first-order chi connectivity index (χ1) is 6.22. The zero-order valence-corrected chi connectivity index (χ0v) is 10.5. The Morgan fingerprint density at radius 2 is 1.86 bits per heavy atom. The molecule has 1 N–H and O–H groups in total. The van der Waals surface area contributed by atoms with Crippen molar-refractivity contribution in [1.82, 2.24) is 0 Å². The van der Waals surface area contributed by atoms with Crippen molar-refractivity contribution in [3.8, 4) is 0 Å². The van der Waals surface area contributed by atoms with Gasteiger partial charge in [-0.15, -0.1) is 11.3 Å². The standard InChI is InChI=1S/C12H20OS/c1-9-6-10(8-14-9)7-12(5,13)11(2,3)4/h6,8,13H,7H2,1-5H3. The number of thiophene rings is 1. The molecule has 80 valence electrons. The molecule has 1 aromatic rings. The minimum atomic E-state index is -0.638. The van der Waals surface area contributed by atoms with Gasteiger partial charge in [0.15, 0.2) is 0 Å². The van der Waals surface area contributed by atoms with Crippen LogP contribution in [0.2, 0.25) is 0 Å². The largest absolute Gasteiger partial charge is 0.389 e. The Hall–Kier alpha value is -0.340. The lowest BCUT2D eigenvalue weighted by Gasteiger charge is -2.37. The highest BCUT2D eigenvalue weighted by Crippen LogP contribution is 2.33. The maximum absolute atomic E-state index is 10.3. The maximum Gasteiger partial charge on any atom is 0.0708 e. The molecule has 2 heteroatoms. The fourth-order valence-electron chi connectivity index (χ4n) is 1.25. The van der Waals surface area contributed by atoms with Crippen LogP contribution in [0.4, 0.5) is 0 Å². The van der Waals surface area contributed by atoms with E-state index >= 15 is 0 Å². The molecule has 1 unspecified atom stereocenters. The van der Waals surface area contributed by atoms with Crippen molar-refractivity contribution in [3.05, 3.63) is 21.9 Å². The van der Waals surface area contributed by atoms with Gasteiger partial charge in [0, 0.05) is 11.3 Å². The van der Waals surface area contributed by atoms with Crippen LogP contribution in [0.3, 0.4) is 0 Å². The van der Waals surface area contributed by atoms with Gasteiger partial charge in [0.2, 0.25) is 0 Å². The van der Waals surface area contributed by atoms with E-state index in [2.05, 4.69) is 39.1 Å². The molecule has 0 saturated heterocycles. The van der Waals surface area contributed by atoms with Crippen molar-refractivity contribution < 1.29 is 5.11 Å². The molecule has 1 atom stereocenters. The molecule has 0 aliphatic heterocycles. The second-order valence-electron chi connectivity index (χ2n) is 5.27. The molecule has 1 aromatic heterocycles. The van der Waals surface area contributed by atoms with Crippen LogP contribution in [-0.4, -0.2) is 10.7 Å². The summed E-state index contributed by atoms with van der Waals surface area (Å²) in [5.41, 5.74) is 0.524. The number of aryl methyl sites for hydroxylation is 1. The lowest BCUT2D eigenvalue weighted by Crippen LogP contribution is -2.41. The molecule has 0 bridgehead atoms. The third kappa shape index (κ3) is 2.58. The number of rotatable bonds is 2. The summed E-state index contributed by atoms with van der Waals surface area (Å²) < 4.78 is 0. The minimum Gasteiger partial charge on any atom is -0.389 e. The second-order valence-corrected chi connectivity index (χ2v) is 6.38. The normalized spacial score (nSPS) is 16.7. The predicted molar refractivity (Wildman–Crippen MR) is 62.8 cm³/mol. The summed E-state index contributed by atoms with van der Waals surface area (Å²) >= 11 is 1.74. The van der Waals surface area contributed by atoms with Crippen molar-refractivity contribution in [2.45, 2.75) is 46.6 Å². The molecule has 0 fully saturated rings. The van der Waals surface area contributed by atoms with Gasteiger partial charge < -0.3 is 5.11 Å².